The number of methoxy groups -OCH3 is 2. The van der Waals surface area contributed by atoms with Crippen LogP contribution in [0.5, 0.6) is 11.5 Å². The first-order chi connectivity index (χ1) is 12.9. The van der Waals surface area contributed by atoms with E-state index < -0.39 is 5.97 Å². The number of nitrogens with one attached hydrogen (secondary N) is 1. The molecular formula is C20H22N2O5. The van der Waals surface area contributed by atoms with E-state index in [0.29, 0.717) is 22.6 Å². The number of hydrazone groups is 1. The van der Waals surface area contributed by atoms with E-state index in [4.69, 9.17) is 9.47 Å². The molecule has 0 aliphatic carbocycles. The predicted molar refractivity (Wildman–Crippen MR) is 102 cm³/mol. The van der Waals surface area contributed by atoms with Crippen molar-refractivity contribution in [2.75, 3.05) is 14.2 Å². The maximum Gasteiger partial charge on any atom is 0.337 e. The van der Waals surface area contributed by atoms with E-state index in [9.17, 15) is 9.59 Å². The molecule has 0 saturated heterocycles. The molecule has 2 rings (SSSR count). The quantitative estimate of drug-likeness (QED) is 0.460. The fraction of sp³-hybridized carbons (Fsp3) is 0.250. The average molecular weight is 370 g/mol. The third-order valence-corrected chi connectivity index (χ3v) is 3.50. The Morgan fingerprint density at radius 3 is 2.26 bits per heavy atom. The molecule has 1 N–H and O–H groups in total. The normalized spacial score (nSPS) is 10.7. The van der Waals surface area contributed by atoms with Crippen molar-refractivity contribution in [3.05, 3.63) is 59.2 Å². The molecule has 0 radical (unpaired) electrons. The second kappa shape index (κ2) is 9.38. The summed E-state index contributed by atoms with van der Waals surface area (Å²) in [5.41, 5.74) is 4.00. The molecular weight excluding hydrogens is 348 g/mol. The second-order valence-corrected chi connectivity index (χ2v) is 5.84. The van der Waals surface area contributed by atoms with Crippen molar-refractivity contribution in [3.8, 4) is 11.5 Å². The highest BCUT2D eigenvalue weighted by atomic mass is 16.5. The Kier molecular flexibility index (Phi) is 6.93. The fourth-order valence-electron chi connectivity index (χ4n) is 2.21. The summed E-state index contributed by atoms with van der Waals surface area (Å²) in [4.78, 5) is 23.6. The molecule has 2 aromatic carbocycles. The summed E-state index contributed by atoms with van der Waals surface area (Å²) < 4.78 is 15.5. The summed E-state index contributed by atoms with van der Waals surface area (Å²) in [5, 5.41) is 3.93. The zero-order valence-electron chi connectivity index (χ0n) is 15.7. The van der Waals surface area contributed by atoms with Gasteiger partial charge in [-0.3, -0.25) is 4.79 Å². The predicted octanol–water partition coefficient (Wildman–Crippen LogP) is 3.03. The summed E-state index contributed by atoms with van der Waals surface area (Å²) in [6.07, 6.45) is 1.47. The van der Waals surface area contributed by atoms with Gasteiger partial charge in [0.05, 0.1) is 32.1 Å². The summed E-state index contributed by atoms with van der Waals surface area (Å²) in [7, 11) is 2.84. The topological polar surface area (TPSA) is 86.2 Å². The van der Waals surface area contributed by atoms with E-state index >= 15 is 0 Å². The van der Waals surface area contributed by atoms with Gasteiger partial charge in [0.15, 0.2) is 11.5 Å². The molecule has 0 aromatic heterocycles. The first kappa shape index (κ1) is 20.0. The molecule has 0 bridgehead atoms. The van der Waals surface area contributed by atoms with Gasteiger partial charge in [-0.05, 0) is 49.7 Å². The fourth-order valence-corrected chi connectivity index (χ4v) is 2.21. The third kappa shape index (κ3) is 5.57. The van der Waals surface area contributed by atoms with Crippen LogP contribution in [0.25, 0.3) is 0 Å². The van der Waals surface area contributed by atoms with Crippen LogP contribution in [0.1, 0.15) is 40.1 Å². The SMILES string of the molecule is COC(=O)c1ccc(/C=N/NC(=O)c2ccc(OC(C)C)c(OC)c2)cc1. The van der Waals surface area contributed by atoms with E-state index in [1.165, 1.54) is 20.4 Å². The maximum absolute atomic E-state index is 12.2. The highest BCUT2D eigenvalue weighted by Crippen LogP contribution is 2.28. The van der Waals surface area contributed by atoms with Crippen LogP contribution in [-0.2, 0) is 4.74 Å². The largest absolute Gasteiger partial charge is 0.493 e. The Morgan fingerprint density at radius 2 is 1.67 bits per heavy atom. The Labute approximate surface area is 157 Å². The lowest BCUT2D eigenvalue weighted by Crippen LogP contribution is -2.18. The molecule has 0 unspecified atom stereocenters. The van der Waals surface area contributed by atoms with Gasteiger partial charge < -0.3 is 14.2 Å². The minimum absolute atomic E-state index is 0.00579. The van der Waals surface area contributed by atoms with Gasteiger partial charge in [0.1, 0.15) is 0 Å². The van der Waals surface area contributed by atoms with Crippen molar-refractivity contribution in [1.29, 1.82) is 0 Å². The van der Waals surface area contributed by atoms with Crippen LogP contribution in [0.4, 0.5) is 0 Å². The number of esters is 1. The number of rotatable bonds is 7. The molecule has 0 heterocycles. The maximum atomic E-state index is 12.2. The van der Waals surface area contributed by atoms with Crippen molar-refractivity contribution in [2.45, 2.75) is 20.0 Å². The lowest BCUT2D eigenvalue weighted by Gasteiger charge is -2.14. The van der Waals surface area contributed by atoms with Gasteiger partial charge in [0.25, 0.3) is 5.91 Å². The molecule has 0 atom stereocenters. The van der Waals surface area contributed by atoms with Crippen LogP contribution in [0.2, 0.25) is 0 Å². The molecule has 0 aliphatic heterocycles. The third-order valence-electron chi connectivity index (χ3n) is 3.50. The molecule has 142 valence electrons. The minimum atomic E-state index is -0.411. The summed E-state index contributed by atoms with van der Waals surface area (Å²) in [6, 6.07) is 11.5. The smallest absolute Gasteiger partial charge is 0.337 e. The Bertz CT molecular complexity index is 829. The van der Waals surface area contributed by atoms with E-state index in [1.807, 2.05) is 13.8 Å². The number of carbonyl (C=O) groups is 2. The summed E-state index contributed by atoms with van der Waals surface area (Å²) in [6.45, 7) is 3.82. The van der Waals surface area contributed by atoms with Crippen molar-refractivity contribution >= 4 is 18.1 Å². The molecule has 0 saturated carbocycles. The minimum Gasteiger partial charge on any atom is -0.493 e. The summed E-state index contributed by atoms with van der Waals surface area (Å²) in [5.74, 6) is 0.245. The van der Waals surface area contributed by atoms with Gasteiger partial charge in [0, 0.05) is 5.56 Å². The van der Waals surface area contributed by atoms with Crippen LogP contribution >= 0.6 is 0 Å². The Morgan fingerprint density at radius 1 is 1.00 bits per heavy atom. The van der Waals surface area contributed by atoms with E-state index in [0.717, 1.165) is 5.56 Å². The van der Waals surface area contributed by atoms with Gasteiger partial charge in [-0.2, -0.15) is 5.10 Å². The van der Waals surface area contributed by atoms with Crippen LogP contribution in [0, 0.1) is 0 Å². The zero-order valence-corrected chi connectivity index (χ0v) is 15.7. The van der Waals surface area contributed by atoms with Crippen LogP contribution < -0.4 is 14.9 Å². The summed E-state index contributed by atoms with van der Waals surface area (Å²) >= 11 is 0. The number of nitrogens with zero attached hydrogens (tertiary/aromatic N) is 1. The van der Waals surface area contributed by atoms with Crippen molar-refractivity contribution < 1.29 is 23.8 Å². The molecule has 7 nitrogen and oxygen atoms in total. The van der Waals surface area contributed by atoms with Crippen molar-refractivity contribution in [1.82, 2.24) is 5.43 Å². The highest BCUT2D eigenvalue weighted by molar-refractivity contribution is 5.95. The van der Waals surface area contributed by atoms with Crippen LogP contribution in [0.3, 0.4) is 0 Å². The number of ether oxygens (including phenoxy) is 3. The van der Waals surface area contributed by atoms with E-state index in [1.54, 1.807) is 42.5 Å². The van der Waals surface area contributed by atoms with E-state index in [-0.39, 0.29) is 12.0 Å². The van der Waals surface area contributed by atoms with Gasteiger partial charge in [0.2, 0.25) is 0 Å². The number of hydrogen-bond acceptors (Lipinski definition) is 6. The van der Waals surface area contributed by atoms with Crippen molar-refractivity contribution in [3.63, 3.8) is 0 Å². The monoisotopic (exact) mass is 370 g/mol. The number of benzene rings is 2. The van der Waals surface area contributed by atoms with E-state index in [2.05, 4.69) is 15.3 Å². The Balaban J connectivity index is 2.02. The first-order valence-corrected chi connectivity index (χ1v) is 8.31. The lowest BCUT2D eigenvalue weighted by atomic mass is 10.1. The van der Waals surface area contributed by atoms with Gasteiger partial charge in [-0.25, -0.2) is 10.2 Å². The molecule has 0 spiro atoms. The van der Waals surface area contributed by atoms with Gasteiger partial charge >= 0.3 is 5.97 Å². The lowest BCUT2D eigenvalue weighted by molar-refractivity contribution is 0.0600. The molecule has 2 aromatic rings. The molecule has 1 amide bonds. The van der Waals surface area contributed by atoms with Crippen molar-refractivity contribution in [2.24, 2.45) is 5.10 Å². The average Bonchev–Trinajstić information content (AvgIpc) is 2.67. The number of carbonyl (C=O) groups excluding carboxylic acids is 2. The Hall–Kier alpha value is -3.35. The number of amides is 1. The molecule has 27 heavy (non-hydrogen) atoms. The second-order valence-electron chi connectivity index (χ2n) is 5.84. The van der Waals surface area contributed by atoms with Gasteiger partial charge in [-0.15, -0.1) is 0 Å². The van der Waals surface area contributed by atoms with Crippen LogP contribution in [0.15, 0.2) is 47.6 Å². The first-order valence-electron chi connectivity index (χ1n) is 8.31. The standard InChI is InChI=1S/C20H22N2O5/c1-13(2)27-17-10-9-16(11-18(17)25-3)19(23)22-21-12-14-5-7-15(8-6-14)20(24)26-4/h5-13H,1-4H3,(H,22,23)/b21-12+. The molecule has 0 aliphatic rings. The molecule has 0 fully saturated rings. The zero-order chi connectivity index (χ0) is 19.8. The van der Waals surface area contributed by atoms with Crippen LogP contribution in [-0.4, -0.2) is 38.4 Å². The highest BCUT2D eigenvalue weighted by Gasteiger charge is 2.11. The number of hydrogen-bond donors (Lipinski definition) is 1. The van der Waals surface area contributed by atoms with Gasteiger partial charge in [-0.1, -0.05) is 12.1 Å². The molecule has 7 heteroatoms.